The van der Waals surface area contributed by atoms with Gasteiger partial charge >= 0.3 is 0 Å². The topological polar surface area (TPSA) is 53.7 Å². The third-order valence-corrected chi connectivity index (χ3v) is 11.2. The number of para-hydroxylation sites is 6. The molecular formula is C50H31N5O. The van der Waals surface area contributed by atoms with Crippen molar-refractivity contribution in [3.63, 3.8) is 0 Å². The van der Waals surface area contributed by atoms with Gasteiger partial charge < -0.3 is 13.6 Å². The van der Waals surface area contributed by atoms with Crippen LogP contribution in [0, 0.1) is 0 Å². The lowest BCUT2D eigenvalue weighted by atomic mass is 10.1. The first-order valence-electron chi connectivity index (χ1n) is 18.8. The molecule has 8 aromatic carbocycles. The van der Waals surface area contributed by atoms with Gasteiger partial charge in [-0.3, -0.25) is 4.57 Å². The average molecular weight is 718 g/mol. The molecular weight excluding hydrogens is 687 g/mol. The zero-order chi connectivity index (χ0) is 36.7. The lowest BCUT2D eigenvalue weighted by Crippen LogP contribution is -2.03. The van der Waals surface area contributed by atoms with Gasteiger partial charge in [0.15, 0.2) is 11.6 Å². The molecule has 0 atom stereocenters. The minimum atomic E-state index is 0.777. The lowest BCUT2D eigenvalue weighted by Gasteiger charge is -2.17. The van der Waals surface area contributed by atoms with E-state index in [9.17, 15) is 0 Å². The van der Waals surface area contributed by atoms with Crippen LogP contribution in [0.4, 0.5) is 0 Å². The van der Waals surface area contributed by atoms with Gasteiger partial charge in [-0.05, 0) is 60.7 Å². The van der Waals surface area contributed by atoms with Crippen LogP contribution in [0.1, 0.15) is 0 Å². The molecule has 0 bridgehead atoms. The Bertz CT molecular complexity index is 3480. The molecule has 4 aromatic heterocycles. The maximum absolute atomic E-state index is 6.64. The largest absolute Gasteiger partial charge is 0.455 e. The van der Waals surface area contributed by atoms with Crippen molar-refractivity contribution in [2.24, 2.45) is 0 Å². The summed E-state index contributed by atoms with van der Waals surface area (Å²) >= 11 is 0. The van der Waals surface area contributed by atoms with E-state index in [-0.39, 0.29) is 0 Å². The Morgan fingerprint density at radius 2 is 0.911 bits per heavy atom. The van der Waals surface area contributed by atoms with E-state index in [1.807, 2.05) is 30.3 Å². The second-order valence-electron chi connectivity index (χ2n) is 14.2. The lowest BCUT2D eigenvalue weighted by molar-refractivity contribution is 0.673. The molecule has 0 aliphatic heterocycles. The van der Waals surface area contributed by atoms with Crippen LogP contribution in [0.2, 0.25) is 0 Å². The molecule has 0 spiro atoms. The van der Waals surface area contributed by atoms with Crippen molar-refractivity contribution >= 4 is 65.6 Å². The molecule has 6 heteroatoms. The van der Waals surface area contributed by atoms with Crippen molar-refractivity contribution in [1.82, 2.24) is 23.9 Å². The van der Waals surface area contributed by atoms with Crippen molar-refractivity contribution in [2.45, 2.75) is 0 Å². The van der Waals surface area contributed by atoms with Crippen molar-refractivity contribution in [2.75, 3.05) is 0 Å². The van der Waals surface area contributed by atoms with Gasteiger partial charge in [0.2, 0.25) is 0 Å². The van der Waals surface area contributed by atoms with E-state index in [4.69, 9.17) is 14.6 Å². The number of aromatic nitrogens is 5. The van der Waals surface area contributed by atoms with Gasteiger partial charge in [-0.15, -0.1) is 10.2 Å². The van der Waals surface area contributed by atoms with E-state index < -0.39 is 0 Å². The minimum Gasteiger partial charge on any atom is -0.455 e. The molecule has 4 heterocycles. The van der Waals surface area contributed by atoms with Crippen molar-refractivity contribution in [3.8, 4) is 39.8 Å². The van der Waals surface area contributed by atoms with E-state index in [1.54, 1.807) is 0 Å². The third-order valence-electron chi connectivity index (χ3n) is 11.2. The molecule has 262 valence electrons. The summed E-state index contributed by atoms with van der Waals surface area (Å²) < 4.78 is 13.6. The number of hydrogen-bond donors (Lipinski definition) is 0. The first kappa shape index (κ1) is 30.7. The van der Waals surface area contributed by atoms with Crippen molar-refractivity contribution in [3.05, 3.63) is 188 Å². The highest BCUT2D eigenvalue weighted by molar-refractivity contribution is 6.24. The Hall–Kier alpha value is -7.70. The van der Waals surface area contributed by atoms with Crippen LogP contribution in [-0.4, -0.2) is 23.9 Å². The molecule has 56 heavy (non-hydrogen) atoms. The quantitative estimate of drug-likeness (QED) is 0.178. The first-order valence-corrected chi connectivity index (χ1v) is 18.8. The Morgan fingerprint density at radius 3 is 1.68 bits per heavy atom. The molecule has 12 rings (SSSR count). The molecule has 0 saturated carbocycles. The summed E-state index contributed by atoms with van der Waals surface area (Å²) in [6.45, 7) is 0. The standard InChI is InChI=1S/C50H31N5O/c1-3-15-32(16-4-1)49-51-52-50(53(49)34-17-5-2-6-18-34)33-27-28-36-35-19-7-10-22-40(35)55(45(36)31-33)43-25-13-12-24-42(43)54-41-23-11-8-21-39(41)47-44(54)30-29-38-37-20-9-14-26-46(37)56-48(38)47/h1-31H. The summed E-state index contributed by atoms with van der Waals surface area (Å²) in [6.07, 6.45) is 0. The molecule has 12 aromatic rings. The highest BCUT2D eigenvalue weighted by atomic mass is 16.3. The number of fused-ring (bicyclic) bond motifs is 10. The molecule has 0 saturated heterocycles. The normalized spacial score (nSPS) is 11.9. The number of hydrogen-bond acceptors (Lipinski definition) is 3. The minimum absolute atomic E-state index is 0.777. The zero-order valence-electron chi connectivity index (χ0n) is 30.0. The van der Waals surface area contributed by atoms with Crippen LogP contribution in [0.15, 0.2) is 192 Å². The van der Waals surface area contributed by atoms with Gasteiger partial charge in [-0.25, -0.2) is 0 Å². The maximum atomic E-state index is 6.64. The van der Waals surface area contributed by atoms with Crippen LogP contribution in [0.3, 0.4) is 0 Å². The SMILES string of the molecule is c1ccc(-c2nnc(-c3ccc4c5ccccc5n(-c5ccccc5-n5c6ccccc6c6c7oc8ccccc8c7ccc65)c4c3)n2-c2ccccc2)cc1. The van der Waals surface area contributed by atoms with Crippen LogP contribution in [-0.2, 0) is 0 Å². The van der Waals surface area contributed by atoms with Crippen LogP contribution < -0.4 is 0 Å². The second-order valence-corrected chi connectivity index (χ2v) is 14.2. The maximum Gasteiger partial charge on any atom is 0.168 e. The first-order chi connectivity index (χ1) is 27.8. The van der Waals surface area contributed by atoms with E-state index in [1.165, 1.54) is 10.8 Å². The van der Waals surface area contributed by atoms with Crippen LogP contribution in [0.5, 0.6) is 0 Å². The second kappa shape index (κ2) is 11.9. The van der Waals surface area contributed by atoms with Crippen molar-refractivity contribution in [1.29, 1.82) is 0 Å². The molecule has 0 fully saturated rings. The number of furan rings is 1. The zero-order valence-corrected chi connectivity index (χ0v) is 30.0. The summed E-state index contributed by atoms with van der Waals surface area (Å²) in [5.41, 5.74) is 11.3. The Labute approximate surface area is 320 Å². The van der Waals surface area contributed by atoms with E-state index in [0.29, 0.717) is 0 Å². The van der Waals surface area contributed by atoms with Gasteiger partial charge in [0.1, 0.15) is 11.2 Å². The smallest absolute Gasteiger partial charge is 0.168 e. The Kier molecular flexibility index (Phi) is 6.53. The van der Waals surface area contributed by atoms with Gasteiger partial charge in [-0.1, -0.05) is 127 Å². The fraction of sp³-hybridized carbons (Fsp3) is 0. The summed E-state index contributed by atoms with van der Waals surface area (Å²) in [4.78, 5) is 0. The molecule has 0 N–H and O–H groups in total. The van der Waals surface area contributed by atoms with Crippen molar-refractivity contribution < 1.29 is 4.42 Å². The monoisotopic (exact) mass is 717 g/mol. The Balaban J connectivity index is 1.13. The third kappa shape index (κ3) is 4.38. The summed E-state index contributed by atoms with van der Waals surface area (Å²) in [5, 5.41) is 16.5. The Morgan fingerprint density at radius 1 is 0.357 bits per heavy atom. The van der Waals surface area contributed by atoms with Crippen LogP contribution >= 0.6 is 0 Å². The summed E-state index contributed by atoms with van der Waals surface area (Å²) in [6, 6.07) is 66.1. The number of benzene rings is 8. The average Bonchev–Trinajstić information content (AvgIpc) is 4.03. The fourth-order valence-corrected chi connectivity index (χ4v) is 8.77. The van der Waals surface area contributed by atoms with Gasteiger partial charge in [-0.2, -0.15) is 0 Å². The van der Waals surface area contributed by atoms with E-state index in [0.717, 1.165) is 94.6 Å². The number of nitrogens with zero attached hydrogens (tertiary/aromatic N) is 5. The molecule has 6 nitrogen and oxygen atoms in total. The van der Waals surface area contributed by atoms with Gasteiger partial charge in [0, 0.05) is 43.7 Å². The molecule has 0 radical (unpaired) electrons. The summed E-state index contributed by atoms with van der Waals surface area (Å²) in [5.74, 6) is 1.57. The van der Waals surface area contributed by atoms with Gasteiger partial charge in [0.05, 0.1) is 38.8 Å². The number of rotatable bonds is 5. The molecule has 0 unspecified atom stereocenters. The fourth-order valence-electron chi connectivity index (χ4n) is 8.77. The van der Waals surface area contributed by atoms with E-state index >= 15 is 0 Å². The highest BCUT2D eigenvalue weighted by Gasteiger charge is 2.23. The summed E-state index contributed by atoms with van der Waals surface area (Å²) in [7, 11) is 0. The van der Waals surface area contributed by atoms with Gasteiger partial charge in [0.25, 0.3) is 0 Å². The predicted molar refractivity (Wildman–Crippen MR) is 228 cm³/mol. The van der Waals surface area contributed by atoms with E-state index in [2.05, 4.69) is 171 Å². The predicted octanol–water partition coefficient (Wildman–Crippen LogP) is 12.7. The molecule has 0 aliphatic rings. The van der Waals surface area contributed by atoms with Crippen LogP contribution in [0.25, 0.3) is 105 Å². The highest BCUT2D eigenvalue weighted by Crippen LogP contribution is 2.43. The molecule has 0 aliphatic carbocycles. The molecule has 0 amide bonds.